The fourth-order valence-corrected chi connectivity index (χ4v) is 5.24. The molecule has 4 rings (SSSR count). The Morgan fingerprint density at radius 3 is 2.21 bits per heavy atom. The van der Waals surface area contributed by atoms with Crippen molar-refractivity contribution in [2.75, 3.05) is 43.5 Å². The van der Waals surface area contributed by atoms with Crippen molar-refractivity contribution < 1.29 is 22.3 Å². The summed E-state index contributed by atoms with van der Waals surface area (Å²) in [7, 11) is -2.28. The molecule has 0 bridgehead atoms. The number of halogens is 2. The van der Waals surface area contributed by atoms with Gasteiger partial charge in [-0.3, -0.25) is 4.79 Å². The normalized spacial score (nSPS) is 14.6. The first-order chi connectivity index (χ1) is 16.3. The number of piperazine rings is 1. The van der Waals surface area contributed by atoms with Gasteiger partial charge in [-0.05, 0) is 66.7 Å². The Hall–Kier alpha value is -3.14. The van der Waals surface area contributed by atoms with Crippen LogP contribution in [0, 0.1) is 5.82 Å². The van der Waals surface area contributed by atoms with E-state index in [1.165, 1.54) is 28.6 Å². The minimum absolute atomic E-state index is 0.108. The second-order valence-corrected chi connectivity index (χ2v) is 10.1. The Kier molecular flexibility index (Phi) is 7.06. The second kappa shape index (κ2) is 10.0. The van der Waals surface area contributed by atoms with Gasteiger partial charge >= 0.3 is 0 Å². The zero-order valence-electron chi connectivity index (χ0n) is 18.4. The molecule has 178 valence electrons. The maximum Gasteiger partial charge on any atom is 0.255 e. The Morgan fingerprint density at radius 2 is 1.62 bits per heavy atom. The molecule has 10 heteroatoms. The summed E-state index contributed by atoms with van der Waals surface area (Å²) in [4.78, 5) is 14.3. The molecule has 1 heterocycles. The molecule has 1 aliphatic heterocycles. The van der Waals surface area contributed by atoms with Gasteiger partial charge in [-0.25, -0.2) is 12.8 Å². The van der Waals surface area contributed by atoms with Gasteiger partial charge in [-0.2, -0.15) is 4.31 Å². The minimum atomic E-state index is -3.88. The second-order valence-electron chi connectivity index (χ2n) is 7.69. The van der Waals surface area contributed by atoms with Crippen LogP contribution in [0.15, 0.2) is 71.6 Å². The van der Waals surface area contributed by atoms with Crippen molar-refractivity contribution in [2.45, 2.75) is 4.90 Å². The van der Waals surface area contributed by atoms with Crippen molar-refractivity contribution in [1.29, 1.82) is 0 Å². The molecule has 1 amide bonds. The molecule has 0 aliphatic carbocycles. The number of nitrogens with one attached hydrogen (secondary N) is 1. The first-order valence-electron chi connectivity index (χ1n) is 10.5. The monoisotopic (exact) mass is 503 g/mol. The van der Waals surface area contributed by atoms with Crippen molar-refractivity contribution in [2.24, 2.45) is 0 Å². The molecule has 1 N–H and O–H groups in total. The van der Waals surface area contributed by atoms with Gasteiger partial charge in [-0.1, -0.05) is 11.6 Å². The summed E-state index contributed by atoms with van der Waals surface area (Å²) in [6, 6.07) is 17.2. The zero-order valence-corrected chi connectivity index (χ0v) is 19.9. The quantitative estimate of drug-likeness (QED) is 0.544. The largest absolute Gasteiger partial charge is 0.497 e. The highest BCUT2D eigenvalue weighted by Gasteiger charge is 2.29. The van der Waals surface area contributed by atoms with Gasteiger partial charge in [0.15, 0.2) is 0 Å². The third kappa shape index (κ3) is 5.16. The predicted molar refractivity (Wildman–Crippen MR) is 130 cm³/mol. The molecule has 0 atom stereocenters. The number of rotatable bonds is 6. The predicted octanol–water partition coefficient (Wildman–Crippen LogP) is 4.25. The number of ether oxygens (including phenoxy) is 1. The maximum absolute atomic E-state index is 14.7. The molecule has 0 aromatic heterocycles. The van der Waals surface area contributed by atoms with E-state index in [1.54, 1.807) is 19.2 Å². The highest BCUT2D eigenvalue weighted by atomic mass is 35.5. The maximum atomic E-state index is 14.7. The number of hydrogen-bond donors (Lipinski definition) is 1. The first-order valence-corrected chi connectivity index (χ1v) is 12.4. The van der Waals surface area contributed by atoms with E-state index in [-0.39, 0.29) is 23.7 Å². The van der Waals surface area contributed by atoms with Crippen LogP contribution in [0.1, 0.15) is 10.4 Å². The summed E-state index contributed by atoms with van der Waals surface area (Å²) >= 11 is 5.82. The molecule has 34 heavy (non-hydrogen) atoms. The van der Waals surface area contributed by atoms with Gasteiger partial charge in [0.1, 0.15) is 11.6 Å². The van der Waals surface area contributed by atoms with E-state index >= 15 is 0 Å². The van der Waals surface area contributed by atoms with Gasteiger partial charge in [-0.15, -0.1) is 0 Å². The van der Waals surface area contributed by atoms with Crippen LogP contribution in [0.5, 0.6) is 5.75 Å². The van der Waals surface area contributed by atoms with E-state index in [0.29, 0.717) is 23.7 Å². The molecule has 0 radical (unpaired) electrons. The van der Waals surface area contributed by atoms with Crippen LogP contribution in [-0.4, -0.2) is 51.9 Å². The van der Waals surface area contributed by atoms with Crippen molar-refractivity contribution >= 4 is 38.9 Å². The van der Waals surface area contributed by atoms with E-state index in [2.05, 4.69) is 10.2 Å². The van der Waals surface area contributed by atoms with Crippen LogP contribution >= 0.6 is 11.6 Å². The van der Waals surface area contributed by atoms with Gasteiger partial charge in [0.2, 0.25) is 10.0 Å². The smallest absolute Gasteiger partial charge is 0.255 e. The lowest BCUT2D eigenvalue weighted by atomic mass is 10.2. The number of benzene rings is 3. The van der Waals surface area contributed by atoms with Crippen LogP contribution < -0.4 is 15.0 Å². The number of carbonyl (C=O) groups excluding carboxylic acids is 1. The summed E-state index contributed by atoms with van der Waals surface area (Å²) in [5.74, 6) is -0.610. The molecule has 1 saturated heterocycles. The van der Waals surface area contributed by atoms with Crippen LogP contribution in [0.4, 0.5) is 15.8 Å². The minimum Gasteiger partial charge on any atom is -0.497 e. The zero-order chi connectivity index (χ0) is 24.3. The van der Waals surface area contributed by atoms with Crippen molar-refractivity contribution in [3.8, 4) is 5.75 Å². The summed E-state index contributed by atoms with van der Waals surface area (Å²) in [5.41, 5.74) is 1.17. The molecule has 0 saturated carbocycles. The number of anilines is 2. The van der Waals surface area contributed by atoms with E-state index < -0.39 is 21.7 Å². The van der Waals surface area contributed by atoms with Crippen LogP contribution in [-0.2, 0) is 10.0 Å². The first kappa shape index (κ1) is 24.0. The summed E-state index contributed by atoms with van der Waals surface area (Å²) in [6.07, 6.45) is 0. The Balaban J connectivity index is 1.42. The average molecular weight is 504 g/mol. The van der Waals surface area contributed by atoms with Crippen molar-refractivity contribution in [3.63, 3.8) is 0 Å². The highest BCUT2D eigenvalue weighted by molar-refractivity contribution is 7.89. The molecule has 3 aromatic rings. The molecular formula is C24H23ClFN3O4S. The third-order valence-corrected chi connectivity index (χ3v) is 7.76. The van der Waals surface area contributed by atoms with E-state index in [0.717, 1.165) is 17.5 Å². The molecule has 0 unspecified atom stereocenters. The summed E-state index contributed by atoms with van der Waals surface area (Å²) < 4.78 is 47.4. The molecule has 1 fully saturated rings. The van der Waals surface area contributed by atoms with Gasteiger partial charge in [0.25, 0.3) is 5.91 Å². The SMILES string of the molecule is COc1ccc(N2CCN(S(=O)(=O)c3ccc(NC(=O)c4ccc(Cl)cc4)c(F)c3)CC2)cc1. The Labute approximate surface area is 202 Å². The van der Waals surface area contributed by atoms with E-state index in [4.69, 9.17) is 16.3 Å². The van der Waals surface area contributed by atoms with Gasteiger partial charge in [0, 0.05) is 42.5 Å². The fourth-order valence-electron chi connectivity index (χ4n) is 3.68. The Morgan fingerprint density at radius 1 is 0.971 bits per heavy atom. The lowest BCUT2D eigenvalue weighted by Gasteiger charge is -2.35. The summed E-state index contributed by atoms with van der Waals surface area (Å²) in [6.45, 7) is 1.54. The van der Waals surface area contributed by atoms with Crippen molar-refractivity contribution in [1.82, 2.24) is 4.31 Å². The fraction of sp³-hybridized carbons (Fsp3) is 0.208. The number of carbonyl (C=O) groups is 1. The van der Waals surface area contributed by atoms with Crippen LogP contribution in [0.2, 0.25) is 5.02 Å². The number of methoxy groups -OCH3 is 1. The molecular weight excluding hydrogens is 481 g/mol. The highest BCUT2D eigenvalue weighted by Crippen LogP contribution is 2.25. The number of nitrogens with zero attached hydrogens (tertiary/aromatic N) is 2. The van der Waals surface area contributed by atoms with Crippen molar-refractivity contribution in [3.05, 3.63) is 83.1 Å². The molecule has 0 spiro atoms. The molecule has 3 aromatic carbocycles. The van der Waals surface area contributed by atoms with Gasteiger partial charge in [0.05, 0.1) is 17.7 Å². The Bertz CT molecular complexity index is 1280. The number of hydrogen-bond acceptors (Lipinski definition) is 5. The van der Waals surface area contributed by atoms with E-state index in [9.17, 15) is 17.6 Å². The number of amides is 1. The topological polar surface area (TPSA) is 79.0 Å². The van der Waals surface area contributed by atoms with Crippen LogP contribution in [0.3, 0.4) is 0 Å². The standard InChI is InChI=1S/C24H23ClFN3O4S/c1-33-20-8-6-19(7-9-20)28-12-14-29(15-13-28)34(31,32)21-10-11-23(22(26)16-21)27-24(30)17-2-4-18(25)5-3-17/h2-11,16H,12-15H2,1H3,(H,27,30). The third-order valence-electron chi connectivity index (χ3n) is 5.61. The summed E-state index contributed by atoms with van der Waals surface area (Å²) in [5, 5.41) is 2.93. The molecule has 1 aliphatic rings. The molecule has 7 nitrogen and oxygen atoms in total. The van der Waals surface area contributed by atoms with Crippen LogP contribution in [0.25, 0.3) is 0 Å². The van der Waals surface area contributed by atoms with Gasteiger partial charge < -0.3 is 15.0 Å². The number of sulfonamides is 1. The average Bonchev–Trinajstić information content (AvgIpc) is 2.85. The lowest BCUT2D eigenvalue weighted by molar-refractivity contribution is 0.102. The van der Waals surface area contributed by atoms with E-state index in [1.807, 2.05) is 24.3 Å². The lowest BCUT2D eigenvalue weighted by Crippen LogP contribution is -2.48.